The van der Waals surface area contributed by atoms with Gasteiger partial charge in [0.2, 0.25) is 0 Å². The van der Waals surface area contributed by atoms with E-state index in [0.717, 1.165) is 19.4 Å². The van der Waals surface area contributed by atoms with E-state index >= 15 is 0 Å². The van der Waals surface area contributed by atoms with Crippen LogP contribution in [0.15, 0.2) is 91.0 Å². The molecule has 2 aliphatic rings. The Morgan fingerprint density at radius 3 is 1.57 bits per heavy atom. The zero-order chi connectivity index (χ0) is 27.9. The van der Waals surface area contributed by atoms with E-state index in [0.29, 0.717) is 16.7 Å². The van der Waals surface area contributed by atoms with Crippen molar-refractivity contribution in [1.29, 1.82) is 0 Å². The molecule has 8 nitrogen and oxygen atoms in total. The van der Waals surface area contributed by atoms with Crippen molar-refractivity contribution in [2.75, 3.05) is 12.8 Å². The van der Waals surface area contributed by atoms with Gasteiger partial charge in [-0.05, 0) is 62.0 Å². The molecular formula is C31H31NO7S. The molecule has 208 valence electrons. The molecule has 1 N–H and O–H groups in total. The van der Waals surface area contributed by atoms with Crippen LogP contribution in [0.25, 0.3) is 0 Å². The second-order valence-electron chi connectivity index (χ2n) is 9.62. The number of thioether (sulfide) groups is 1. The lowest BCUT2D eigenvalue weighted by Gasteiger charge is -2.46. The van der Waals surface area contributed by atoms with Crippen LogP contribution in [0, 0.1) is 0 Å². The molecule has 0 amide bonds. The minimum atomic E-state index is -1.13. The number of hydrogen-bond donors (Lipinski definition) is 1. The first-order chi connectivity index (χ1) is 19.5. The van der Waals surface area contributed by atoms with Crippen LogP contribution in [0.2, 0.25) is 0 Å². The molecule has 2 fully saturated rings. The first-order valence-corrected chi connectivity index (χ1v) is 14.5. The summed E-state index contributed by atoms with van der Waals surface area (Å²) in [5.41, 5.74) is 0.332. The van der Waals surface area contributed by atoms with Gasteiger partial charge >= 0.3 is 17.9 Å². The molecule has 3 aromatic carbocycles. The van der Waals surface area contributed by atoms with Gasteiger partial charge in [-0.25, -0.2) is 14.4 Å². The van der Waals surface area contributed by atoms with Crippen molar-refractivity contribution in [3.05, 3.63) is 108 Å². The predicted octanol–water partition coefficient (Wildman–Crippen LogP) is 4.50. The van der Waals surface area contributed by atoms with Gasteiger partial charge in [-0.2, -0.15) is 0 Å². The molecule has 6 atom stereocenters. The van der Waals surface area contributed by atoms with Crippen molar-refractivity contribution in [1.82, 2.24) is 5.32 Å². The third-order valence-corrected chi connectivity index (χ3v) is 7.86. The zero-order valence-corrected chi connectivity index (χ0v) is 22.8. The van der Waals surface area contributed by atoms with Crippen LogP contribution in [0.1, 0.15) is 43.9 Å². The number of esters is 3. The SMILES string of the molecule is CSC1O[C@H]([C@H]2CCCN2)[C@@H](OC(=O)c2ccccc2)C(OC(=O)c2ccccc2)[C@H]1OC(=O)c1ccccc1. The Labute approximate surface area is 237 Å². The summed E-state index contributed by atoms with van der Waals surface area (Å²) in [5, 5.41) is 3.43. The molecule has 0 aromatic heterocycles. The summed E-state index contributed by atoms with van der Waals surface area (Å²) < 4.78 is 24.6. The summed E-state index contributed by atoms with van der Waals surface area (Å²) in [6, 6.07) is 25.5. The highest BCUT2D eigenvalue weighted by molar-refractivity contribution is 7.99. The molecule has 5 rings (SSSR count). The average Bonchev–Trinajstić information content (AvgIpc) is 3.55. The van der Waals surface area contributed by atoms with E-state index in [1.807, 2.05) is 6.26 Å². The second-order valence-corrected chi connectivity index (χ2v) is 10.6. The number of benzene rings is 3. The van der Waals surface area contributed by atoms with E-state index in [4.69, 9.17) is 18.9 Å². The Kier molecular flexibility index (Phi) is 9.15. The van der Waals surface area contributed by atoms with Gasteiger partial charge in [-0.3, -0.25) is 0 Å². The first kappa shape index (κ1) is 27.9. The van der Waals surface area contributed by atoms with Crippen LogP contribution in [0.5, 0.6) is 0 Å². The van der Waals surface area contributed by atoms with Gasteiger partial charge < -0.3 is 24.3 Å². The molecule has 2 unspecified atom stereocenters. The predicted molar refractivity (Wildman–Crippen MR) is 150 cm³/mol. The molecule has 0 bridgehead atoms. The highest BCUT2D eigenvalue weighted by atomic mass is 32.2. The van der Waals surface area contributed by atoms with E-state index in [9.17, 15) is 14.4 Å². The fourth-order valence-corrected chi connectivity index (χ4v) is 5.75. The summed E-state index contributed by atoms with van der Waals surface area (Å²) in [7, 11) is 0. The molecule has 2 saturated heterocycles. The van der Waals surface area contributed by atoms with E-state index in [1.54, 1.807) is 91.0 Å². The Morgan fingerprint density at radius 2 is 1.15 bits per heavy atom. The van der Waals surface area contributed by atoms with Crippen LogP contribution in [0.3, 0.4) is 0 Å². The molecule has 0 aliphatic carbocycles. The Hall–Kier alpha value is -3.66. The third kappa shape index (κ3) is 6.38. The highest BCUT2D eigenvalue weighted by Crippen LogP contribution is 2.36. The van der Waals surface area contributed by atoms with Crippen LogP contribution < -0.4 is 5.32 Å². The fourth-order valence-electron chi connectivity index (χ4n) is 5.03. The quantitative estimate of drug-likeness (QED) is 0.315. The lowest BCUT2D eigenvalue weighted by molar-refractivity contribution is -0.205. The van der Waals surface area contributed by atoms with Crippen molar-refractivity contribution >= 4 is 29.7 Å². The Balaban J connectivity index is 1.52. The molecule has 2 heterocycles. The standard InChI is InChI=1S/C31H31NO7S/c1-40-31-27(38-30(35)22-16-9-4-10-17-22)26(37-29(34)21-14-7-3-8-15-21)25(24(39-31)23-18-11-19-32-23)36-28(33)20-12-5-2-6-13-20/h2-10,12-17,23-27,31-32H,11,18-19H2,1H3/t23-,24-,25-,26?,27-,31?/m1/s1. The molecule has 3 aromatic rings. The largest absolute Gasteiger partial charge is 0.452 e. The monoisotopic (exact) mass is 561 g/mol. The first-order valence-electron chi connectivity index (χ1n) is 13.2. The van der Waals surface area contributed by atoms with Crippen molar-refractivity contribution in [2.45, 2.75) is 48.7 Å². The van der Waals surface area contributed by atoms with Crippen molar-refractivity contribution in [3.8, 4) is 0 Å². The van der Waals surface area contributed by atoms with E-state index in [1.165, 1.54) is 11.8 Å². The lowest BCUT2D eigenvalue weighted by Crippen LogP contribution is -2.64. The molecule has 0 radical (unpaired) electrons. The summed E-state index contributed by atoms with van der Waals surface area (Å²) in [6.07, 6.45) is -0.332. The molecule has 0 saturated carbocycles. The van der Waals surface area contributed by atoms with E-state index in [2.05, 4.69) is 5.32 Å². The fraction of sp³-hybridized carbons (Fsp3) is 0.323. The Bertz CT molecular complexity index is 1280. The maximum Gasteiger partial charge on any atom is 0.338 e. The average molecular weight is 562 g/mol. The number of ether oxygens (including phenoxy) is 4. The van der Waals surface area contributed by atoms with Crippen LogP contribution in [0.4, 0.5) is 0 Å². The van der Waals surface area contributed by atoms with Gasteiger partial charge in [0.15, 0.2) is 18.3 Å². The van der Waals surface area contributed by atoms with Gasteiger partial charge in [-0.1, -0.05) is 54.6 Å². The maximum absolute atomic E-state index is 13.4. The summed E-state index contributed by atoms with van der Waals surface area (Å²) in [4.78, 5) is 39.9. The smallest absolute Gasteiger partial charge is 0.338 e. The molecule has 40 heavy (non-hydrogen) atoms. The zero-order valence-electron chi connectivity index (χ0n) is 22.0. The number of hydrogen-bond acceptors (Lipinski definition) is 9. The van der Waals surface area contributed by atoms with Gasteiger partial charge in [0, 0.05) is 6.04 Å². The summed E-state index contributed by atoms with van der Waals surface area (Å²) in [6.45, 7) is 0.786. The van der Waals surface area contributed by atoms with Gasteiger partial charge in [0.1, 0.15) is 11.5 Å². The van der Waals surface area contributed by atoms with E-state index < -0.39 is 47.8 Å². The number of carbonyl (C=O) groups excluding carboxylic acids is 3. The second kappa shape index (κ2) is 13.1. The van der Waals surface area contributed by atoms with Crippen molar-refractivity contribution in [2.24, 2.45) is 0 Å². The third-order valence-electron chi connectivity index (χ3n) is 7.02. The molecule has 2 aliphatic heterocycles. The minimum Gasteiger partial charge on any atom is -0.452 e. The molecular weight excluding hydrogens is 530 g/mol. The molecule has 0 spiro atoms. The van der Waals surface area contributed by atoms with Gasteiger partial charge in [0.05, 0.1) is 16.7 Å². The van der Waals surface area contributed by atoms with Crippen molar-refractivity contribution < 1.29 is 33.3 Å². The normalized spacial score (nSPS) is 26.0. The van der Waals surface area contributed by atoms with Gasteiger partial charge in [-0.15, -0.1) is 11.8 Å². The number of nitrogens with one attached hydrogen (secondary N) is 1. The highest BCUT2D eigenvalue weighted by Gasteiger charge is 2.54. The van der Waals surface area contributed by atoms with Gasteiger partial charge in [0.25, 0.3) is 0 Å². The minimum absolute atomic E-state index is 0.146. The molecule has 9 heteroatoms. The summed E-state index contributed by atoms with van der Waals surface area (Å²) in [5.74, 6) is -1.81. The topological polar surface area (TPSA) is 100 Å². The lowest BCUT2D eigenvalue weighted by atomic mass is 9.93. The van der Waals surface area contributed by atoms with Crippen molar-refractivity contribution in [3.63, 3.8) is 0 Å². The number of carbonyl (C=O) groups is 3. The van der Waals surface area contributed by atoms with E-state index in [-0.39, 0.29) is 6.04 Å². The van der Waals surface area contributed by atoms with Crippen LogP contribution >= 0.6 is 11.8 Å². The number of rotatable bonds is 8. The van der Waals surface area contributed by atoms with Crippen LogP contribution in [-0.4, -0.2) is 66.6 Å². The maximum atomic E-state index is 13.4. The summed E-state index contributed by atoms with van der Waals surface area (Å²) >= 11 is 1.34. The Morgan fingerprint density at radius 1 is 0.700 bits per heavy atom. The van der Waals surface area contributed by atoms with Crippen LogP contribution in [-0.2, 0) is 18.9 Å².